The molecule has 1 unspecified atom stereocenters. The van der Waals surface area contributed by atoms with E-state index in [0.717, 1.165) is 31.1 Å². The highest BCUT2D eigenvalue weighted by Crippen LogP contribution is 2.19. The van der Waals surface area contributed by atoms with E-state index in [-0.39, 0.29) is 12.4 Å². The van der Waals surface area contributed by atoms with Crippen molar-refractivity contribution in [3.8, 4) is 0 Å². The number of aromatic nitrogens is 1. The zero-order valence-electron chi connectivity index (χ0n) is 9.69. The highest BCUT2D eigenvalue weighted by atomic mass is 35.5. The fraction of sp³-hybridized carbons (Fsp3) is 0.727. The molecule has 2 heterocycles. The number of rotatable bonds is 3. The molecule has 1 saturated heterocycles. The maximum absolute atomic E-state index is 5.76. The van der Waals surface area contributed by atoms with Crippen LogP contribution in [0.25, 0.3) is 0 Å². The second-order valence-corrected chi connectivity index (χ2v) is 4.29. The SMILES string of the molecule is Cc1cc(CN2CCCCC2CN)on1.Cl. The Bertz CT molecular complexity index is 316. The minimum atomic E-state index is 0. The Morgan fingerprint density at radius 2 is 2.38 bits per heavy atom. The Kier molecular flexibility index (Phi) is 5.25. The van der Waals surface area contributed by atoms with Crippen LogP contribution in [0.2, 0.25) is 0 Å². The van der Waals surface area contributed by atoms with Crippen LogP contribution in [-0.4, -0.2) is 29.2 Å². The number of nitrogens with zero attached hydrogens (tertiary/aromatic N) is 2. The summed E-state index contributed by atoms with van der Waals surface area (Å²) in [6.07, 6.45) is 3.78. The molecule has 1 aliphatic heterocycles. The van der Waals surface area contributed by atoms with Gasteiger partial charge in [-0.25, -0.2) is 0 Å². The maximum Gasteiger partial charge on any atom is 0.150 e. The summed E-state index contributed by atoms with van der Waals surface area (Å²) in [4.78, 5) is 2.41. The minimum absolute atomic E-state index is 0. The average molecular weight is 246 g/mol. The van der Waals surface area contributed by atoms with Gasteiger partial charge in [-0.1, -0.05) is 11.6 Å². The fourth-order valence-electron chi connectivity index (χ4n) is 2.23. The minimum Gasteiger partial charge on any atom is -0.360 e. The van der Waals surface area contributed by atoms with Crippen molar-refractivity contribution < 1.29 is 4.52 Å². The van der Waals surface area contributed by atoms with Crippen molar-refractivity contribution >= 4 is 12.4 Å². The Morgan fingerprint density at radius 1 is 1.56 bits per heavy atom. The van der Waals surface area contributed by atoms with Crippen LogP contribution in [0.5, 0.6) is 0 Å². The first-order chi connectivity index (χ1) is 7.29. The summed E-state index contributed by atoms with van der Waals surface area (Å²) >= 11 is 0. The summed E-state index contributed by atoms with van der Waals surface area (Å²) < 4.78 is 5.23. The van der Waals surface area contributed by atoms with Gasteiger partial charge in [0.2, 0.25) is 0 Å². The Balaban J connectivity index is 0.00000128. The summed E-state index contributed by atoms with van der Waals surface area (Å²) in [6.45, 7) is 4.67. The molecule has 5 heteroatoms. The molecule has 0 bridgehead atoms. The van der Waals surface area contributed by atoms with Gasteiger partial charge < -0.3 is 10.3 Å². The van der Waals surface area contributed by atoms with Crippen LogP contribution in [0.15, 0.2) is 10.6 Å². The van der Waals surface area contributed by atoms with Crippen LogP contribution in [-0.2, 0) is 6.54 Å². The summed E-state index contributed by atoms with van der Waals surface area (Å²) in [5.74, 6) is 0.952. The molecule has 4 nitrogen and oxygen atoms in total. The molecule has 1 aromatic heterocycles. The summed E-state index contributed by atoms with van der Waals surface area (Å²) in [7, 11) is 0. The number of halogens is 1. The third-order valence-electron chi connectivity index (χ3n) is 3.06. The van der Waals surface area contributed by atoms with Crippen molar-refractivity contribution in [3.63, 3.8) is 0 Å². The monoisotopic (exact) mass is 245 g/mol. The van der Waals surface area contributed by atoms with E-state index in [4.69, 9.17) is 10.3 Å². The van der Waals surface area contributed by atoms with E-state index in [0.29, 0.717) is 6.04 Å². The van der Waals surface area contributed by atoms with Crippen molar-refractivity contribution in [2.75, 3.05) is 13.1 Å². The molecule has 1 aromatic rings. The molecule has 0 saturated carbocycles. The summed E-state index contributed by atoms with van der Waals surface area (Å²) in [5.41, 5.74) is 6.71. The van der Waals surface area contributed by atoms with E-state index in [9.17, 15) is 0 Å². The zero-order valence-corrected chi connectivity index (χ0v) is 10.5. The highest BCUT2D eigenvalue weighted by Gasteiger charge is 2.22. The van der Waals surface area contributed by atoms with Crippen molar-refractivity contribution in [2.24, 2.45) is 5.73 Å². The third-order valence-corrected chi connectivity index (χ3v) is 3.06. The van der Waals surface area contributed by atoms with Crippen LogP contribution in [0.3, 0.4) is 0 Å². The lowest BCUT2D eigenvalue weighted by molar-refractivity contribution is 0.130. The predicted octanol–water partition coefficient (Wildman–Crippen LogP) is 1.72. The van der Waals surface area contributed by atoms with Crippen LogP contribution < -0.4 is 5.73 Å². The van der Waals surface area contributed by atoms with Crippen LogP contribution in [0.1, 0.15) is 30.7 Å². The van der Waals surface area contributed by atoms with Gasteiger partial charge in [-0.05, 0) is 26.3 Å². The van der Waals surface area contributed by atoms with E-state index < -0.39 is 0 Å². The number of piperidine rings is 1. The van der Waals surface area contributed by atoms with Crippen LogP contribution >= 0.6 is 12.4 Å². The number of nitrogens with two attached hydrogens (primary N) is 1. The topological polar surface area (TPSA) is 55.3 Å². The normalized spacial score (nSPS) is 21.8. The lowest BCUT2D eigenvalue weighted by atomic mass is 10.0. The zero-order chi connectivity index (χ0) is 10.7. The van der Waals surface area contributed by atoms with E-state index >= 15 is 0 Å². The number of hydrogen-bond acceptors (Lipinski definition) is 4. The molecule has 1 aliphatic rings. The summed E-state index contributed by atoms with van der Waals surface area (Å²) in [6, 6.07) is 2.52. The third kappa shape index (κ3) is 3.20. The van der Waals surface area contributed by atoms with Gasteiger partial charge >= 0.3 is 0 Å². The second kappa shape index (κ2) is 6.23. The molecule has 1 fully saturated rings. The Morgan fingerprint density at radius 3 is 3.00 bits per heavy atom. The van der Waals surface area contributed by atoms with Gasteiger partial charge in [0.05, 0.1) is 12.2 Å². The van der Waals surface area contributed by atoms with Crippen LogP contribution in [0, 0.1) is 6.92 Å². The lowest BCUT2D eigenvalue weighted by Gasteiger charge is -2.34. The molecule has 2 N–H and O–H groups in total. The smallest absolute Gasteiger partial charge is 0.150 e. The number of likely N-dealkylation sites (tertiary alicyclic amines) is 1. The van der Waals surface area contributed by atoms with Crippen molar-refractivity contribution in [2.45, 2.75) is 38.8 Å². The van der Waals surface area contributed by atoms with Crippen molar-refractivity contribution in [3.05, 3.63) is 17.5 Å². The molecular formula is C11H20ClN3O. The highest BCUT2D eigenvalue weighted by molar-refractivity contribution is 5.85. The first kappa shape index (κ1) is 13.5. The van der Waals surface area contributed by atoms with Gasteiger partial charge in [0.25, 0.3) is 0 Å². The fourth-order valence-corrected chi connectivity index (χ4v) is 2.23. The molecule has 0 amide bonds. The average Bonchev–Trinajstić information content (AvgIpc) is 2.65. The standard InChI is InChI=1S/C11H19N3O.ClH/c1-9-6-11(15-13-9)8-14-5-3-2-4-10(14)7-12;/h6,10H,2-5,7-8,12H2,1H3;1H. The molecule has 2 rings (SSSR count). The van der Waals surface area contributed by atoms with Gasteiger partial charge in [-0.3, -0.25) is 4.90 Å². The number of hydrogen-bond donors (Lipinski definition) is 1. The maximum atomic E-state index is 5.76. The first-order valence-electron chi connectivity index (χ1n) is 5.66. The Labute approximate surface area is 103 Å². The Hall–Kier alpha value is -0.580. The lowest BCUT2D eigenvalue weighted by Crippen LogP contribution is -2.43. The van der Waals surface area contributed by atoms with Crippen molar-refractivity contribution in [1.82, 2.24) is 10.1 Å². The molecule has 0 spiro atoms. The van der Waals surface area contributed by atoms with Gasteiger partial charge in [0, 0.05) is 18.7 Å². The second-order valence-electron chi connectivity index (χ2n) is 4.29. The van der Waals surface area contributed by atoms with Crippen molar-refractivity contribution in [1.29, 1.82) is 0 Å². The van der Waals surface area contributed by atoms with E-state index in [2.05, 4.69) is 10.1 Å². The largest absolute Gasteiger partial charge is 0.360 e. The van der Waals surface area contributed by atoms with E-state index in [1.54, 1.807) is 0 Å². The van der Waals surface area contributed by atoms with Gasteiger partial charge in [-0.2, -0.15) is 0 Å². The van der Waals surface area contributed by atoms with Gasteiger partial charge in [-0.15, -0.1) is 12.4 Å². The molecule has 0 radical (unpaired) electrons. The molecular weight excluding hydrogens is 226 g/mol. The predicted molar refractivity (Wildman–Crippen MR) is 65.6 cm³/mol. The molecule has 0 aliphatic carbocycles. The van der Waals surface area contributed by atoms with E-state index in [1.165, 1.54) is 19.3 Å². The first-order valence-corrected chi connectivity index (χ1v) is 5.66. The quantitative estimate of drug-likeness (QED) is 0.881. The molecule has 92 valence electrons. The van der Waals surface area contributed by atoms with Gasteiger partial charge in [0.1, 0.15) is 0 Å². The number of aryl methyl sites for hydroxylation is 1. The van der Waals surface area contributed by atoms with Crippen LogP contribution in [0.4, 0.5) is 0 Å². The molecule has 16 heavy (non-hydrogen) atoms. The molecule has 1 atom stereocenters. The van der Waals surface area contributed by atoms with E-state index in [1.807, 2.05) is 13.0 Å². The molecule has 0 aromatic carbocycles. The van der Waals surface area contributed by atoms with Gasteiger partial charge in [0.15, 0.2) is 5.76 Å². The summed E-state index contributed by atoms with van der Waals surface area (Å²) in [5, 5.41) is 3.90.